The molecule has 1 aliphatic rings. The summed E-state index contributed by atoms with van der Waals surface area (Å²) in [5.41, 5.74) is 2.22. The average molecular weight is 287 g/mol. The van der Waals surface area contributed by atoms with Crippen molar-refractivity contribution >= 4 is 11.0 Å². The first kappa shape index (κ1) is 14.5. The van der Waals surface area contributed by atoms with Gasteiger partial charge in [-0.1, -0.05) is 25.0 Å². The van der Waals surface area contributed by atoms with E-state index in [-0.39, 0.29) is 12.6 Å². The Hall–Kier alpha value is -1.39. The van der Waals surface area contributed by atoms with E-state index in [9.17, 15) is 5.11 Å². The Balaban J connectivity index is 1.80. The number of aliphatic hydroxyl groups is 1. The molecular weight excluding hydrogens is 262 g/mol. The number of rotatable bonds is 4. The predicted octanol–water partition coefficient (Wildman–Crippen LogP) is 2.78. The largest absolute Gasteiger partial charge is 0.396 e. The Bertz CT molecular complexity index is 607. The molecule has 0 radical (unpaired) electrons. The molecule has 1 aromatic heterocycles. The van der Waals surface area contributed by atoms with Crippen LogP contribution >= 0.6 is 0 Å². The molecule has 1 heterocycles. The molecule has 1 fully saturated rings. The zero-order valence-corrected chi connectivity index (χ0v) is 12.9. The van der Waals surface area contributed by atoms with E-state index < -0.39 is 0 Å². The van der Waals surface area contributed by atoms with Crippen LogP contribution in [0.3, 0.4) is 0 Å². The van der Waals surface area contributed by atoms with E-state index in [2.05, 4.69) is 42.1 Å². The number of para-hydroxylation sites is 2. The summed E-state index contributed by atoms with van der Waals surface area (Å²) in [5.74, 6) is 1.45. The minimum Gasteiger partial charge on any atom is -0.396 e. The number of aliphatic hydroxyl groups excluding tert-OH is 1. The molecule has 2 N–H and O–H groups in total. The summed E-state index contributed by atoms with van der Waals surface area (Å²) in [4.78, 5) is 4.77. The molecule has 1 aromatic carbocycles. The maximum atomic E-state index is 9.55. The van der Waals surface area contributed by atoms with Gasteiger partial charge in [0.1, 0.15) is 5.82 Å². The number of benzene rings is 1. The van der Waals surface area contributed by atoms with Crippen LogP contribution in [0.5, 0.6) is 0 Å². The Morgan fingerprint density at radius 1 is 1.33 bits per heavy atom. The van der Waals surface area contributed by atoms with Gasteiger partial charge in [0.05, 0.1) is 17.1 Å². The van der Waals surface area contributed by atoms with Crippen LogP contribution in [0.2, 0.25) is 0 Å². The van der Waals surface area contributed by atoms with E-state index in [0.29, 0.717) is 12.0 Å². The minimum atomic E-state index is 0.194. The lowest BCUT2D eigenvalue weighted by atomic mass is 9.84. The quantitative estimate of drug-likeness (QED) is 0.909. The summed E-state index contributed by atoms with van der Waals surface area (Å²) in [6, 6.07) is 8.84. The molecule has 21 heavy (non-hydrogen) atoms. The van der Waals surface area contributed by atoms with Gasteiger partial charge in [-0.3, -0.25) is 0 Å². The smallest absolute Gasteiger partial charge is 0.126 e. The maximum Gasteiger partial charge on any atom is 0.126 e. The lowest BCUT2D eigenvalue weighted by molar-refractivity contribution is 0.146. The second-order valence-electron chi connectivity index (χ2n) is 6.24. The van der Waals surface area contributed by atoms with Crippen LogP contribution in [0, 0.1) is 5.92 Å². The highest BCUT2D eigenvalue weighted by atomic mass is 16.3. The molecule has 1 saturated carbocycles. The zero-order valence-electron chi connectivity index (χ0n) is 12.9. The monoisotopic (exact) mass is 287 g/mol. The number of nitrogens with zero attached hydrogens (tertiary/aromatic N) is 2. The fraction of sp³-hybridized carbons (Fsp3) is 0.588. The Morgan fingerprint density at radius 2 is 2.10 bits per heavy atom. The van der Waals surface area contributed by atoms with Gasteiger partial charge in [0.2, 0.25) is 0 Å². The van der Waals surface area contributed by atoms with Gasteiger partial charge in [0.15, 0.2) is 0 Å². The number of hydrogen-bond donors (Lipinski definition) is 2. The van der Waals surface area contributed by atoms with Crippen LogP contribution in [-0.2, 0) is 7.05 Å². The van der Waals surface area contributed by atoms with Gasteiger partial charge in [0, 0.05) is 19.7 Å². The Kier molecular flexibility index (Phi) is 4.27. The van der Waals surface area contributed by atoms with Crippen molar-refractivity contribution in [2.75, 3.05) is 6.61 Å². The molecule has 0 aliphatic heterocycles. The summed E-state index contributed by atoms with van der Waals surface area (Å²) in [7, 11) is 2.08. The van der Waals surface area contributed by atoms with Crippen LogP contribution in [-0.4, -0.2) is 27.3 Å². The number of hydrogen-bond acceptors (Lipinski definition) is 3. The predicted molar refractivity (Wildman–Crippen MR) is 85.1 cm³/mol. The Morgan fingerprint density at radius 3 is 2.86 bits per heavy atom. The highest BCUT2D eigenvalue weighted by Gasteiger charge is 2.27. The number of imidazole rings is 1. The molecule has 4 heteroatoms. The van der Waals surface area contributed by atoms with Crippen LogP contribution in [0.25, 0.3) is 11.0 Å². The van der Waals surface area contributed by atoms with Crippen molar-refractivity contribution in [2.45, 2.75) is 44.7 Å². The standard InChI is InChI=1S/C17H25N3O/c1-12(18-14-8-4-3-7-13(14)11-21)17-19-15-9-5-6-10-16(15)20(17)2/h5-6,9-10,12-14,18,21H,3-4,7-8,11H2,1-2H3. The molecule has 0 saturated heterocycles. The van der Waals surface area contributed by atoms with Gasteiger partial charge in [-0.05, 0) is 37.8 Å². The van der Waals surface area contributed by atoms with E-state index in [4.69, 9.17) is 4.98 Å². The lowest BCUT2D eigenvalue weighted by Gasteiger charge is -2.33. The summed E-state index contributed by atoms with van der Waals surface area (Å²) in [5, 5.41) is 13.2. The molecule has 3 unspecified atom stereocenters. The van der Waals surface area contributed by atoms with Gasteiger partial charge >= 0.3 is 0 Å². The van der Waals surface area contributed by atoms with Crippen LogP contribution in [0.1, 0.15) is 44.5 Å². The molecule has 2 aromatic rings. The topological polar surface area (TPSA) is 50.1 Å². The van der Waals surface area contributed by atoms with Gasteiger partial charge in [-0.15, -0.1) is 0 Å². The molecule has 114 valence electrons. The molecule has 4 nitrogen and oxygen atoms in total. The van der Waals surface area contributed by atoms with E-state index in [1.165, 1.54) is 18.4 Å². The fourth-order valence-corrected chi connectivity index (χ4v) is 3.59. The summed E-state index contributed by atoms with van der Waals surface area (Å²) >= 11 is 0. The fourth-order valence-electron chi connectivity index (χ4n) is 3.59. The normalized spacial score (nSPS) is 24.3. The Labute approximate surface area is 126 Å². The SMILES string of the molecule is CC(NC1CCCCC1CO)c1nc2ccccc2n1C. The molecule has 0 amide bonds. The third kappa shape index (κ3) is 2.83. The maximum absolute atomic E-state index is 9.55. The highest BCUT2D eigenvalue weighted by molar-refractivity contribution is 5.75. The first-order valence-corrected chi connectivity index (χ1v) is 7.99. The van der Waals surface area contributed by atoms with Gasteiger partial charge in [-0.2, -0.15) is 0 Å². The molecule has 0 bridgehead atoms. The summed E-state index contributed by atoms with van der Waals surface area (Å²) in [6.07, 6.45) is 4.77. The van der Waals surface area contributed by atoms with E-state index in [1.54, 1.807) is 0 Å². The first-order chi connectivity index (χ1) is 10.2. The number of fused-ring (bicyclic) bond motifs is 1. The van der Waals surface area contributed by atoms with Gasteiger partial charge in [0.25, 0.3) is 0 Å². The second kappa shape index (κ2) is 6.16. The number of aromatic nitrogens is 2. The summed E-state index contributed by atoms with van der Waals surface area (Å²) < 4.78 is 2.17. The van der Waals surface area contributed by atoms with Crippen molar-refractivity contribution < 1.29 is 5.11 Å². The first-order valence-electron chi connectivity index (χ1n) is 7.99. The average Bonchev–Trinajstić information content (AvgIpc) is 2.85. The molecular formula is C17H25N3O. The third-order valence-electron chi connectivity index (χ3n) is 4.82. The third-order valence-corrected chi connectivity index (χ3v) is 4.82. The van der Waals surface area contributed by atoms with Crippen molar-refractivity contribution in [3.8, 4) is 0 Å². The van der Waals surface area contributed by atoms with Crippen molar-refractivity contribution in [1.29, 1.82) is 0 Å². The van der Waals surface area contributed by atoms with E-state index in [1.807, 2.05) is 6.07 Å². The van der Waals surface area contributed by atoms with Crippen LogP contribution in [0.4, 0.5) is 0 Å². The second-order valence-corrected chi connectivity index (χ2v) is 6.24. The van der Waals surface area contributed by atoms with Crippen molar-refractivity contribution in [3.63, 3.8) is 0 Å². The molecule has 0 spiro atoms. The van der Waals surface area contributed by atoms with Gasteiger partial charge < -0.3 is 15.0 Å². The number of aryl methyl sites for hydroxylation is 1. The molecule has 3 rings (SSSR count). The van der Waals surface area contributed by atoms with Crippen LogP contribution < -0.4 is 5.32 Å². The van der Waals surface area contributed by atoms with E-state index >= 15 is 0 Å². The molecule has 1 aliphatic carbocycles. The lowest BCUT2D eigenvalue weighted by Crippen LogP contribution is -2.41. The molecule has 3 atom stereocenters. The zero-order chi connectivity index (χ0) is 14.8. The van der Waals surface area contributed by atoms with Crippen LogP contribution in [0.15, 0.2) is 24.3 Å². The van der Waals surface area contributed by atoms with Crippen molar-refractivity contribution in [2.24, 2.45) is 13.0 Å². The number of nitrogens with one attached hydrogen (secondary N) is 1. The highest BCUT2D eigenvalue weighted by Crippen LogP contribution is 2.27. The van der Waals surface area contributed by atoms with E-state index in [0.717, 1.165) is 24.2 Å². The van der Waals surface area contributed by atoms with Crippen molar-refractivity contribution in [1.82, 2.24) is 14.9 Å². The van der Waals surface area contributed by atoms with Gasteiger partial charge in [-0.25, -0.2) is 4.98 Å². The van der Waals surface area contributed by atoms with Crippen molar-refractivity contribution in [3.05, 3.63) is 30.1 Å². The summed E-state index contributed by atoms with van der Waals surface area (Å²) in [6.45, 7) is 2.46. The minimum absolute atomic E-state index is 0.194.